The molecule has 0 aliphatic rings. The van der Waals surface area contributed by atoms with Gasteiger partial charge >= 0.3 is 0 Å². The van der Waals surface area contributed by atoms with Crippen molar-refractivity contribution >= 4 is 11.8 Å². The van der Waals surface area contributed by atoms with Crippen LogP contribution in [0.4, 0.5) is 0 Å². The predicted octanol–water partition coefficient (Wildman–Crippen LogP) is 4.46. The van der Waals surface area contributed by atoms with Crippen molar-refractivity contribution in [1.29, 1.82) is 0 Å². The van der Waals surface area contributed by atoms with Crippen molar-refractivity contribution < 1.29 is 5.11 Å². The molecule has 0 fully saturated rings. The Bertz CT molecular complexity index is 476. The highest BCUT2D eigenvalue weighted by Gasteiger charge is 2.00. The number of aliphatic hydroxyl groups is 1. The molecule has 19 heavy (non-hydrogen) atoms. The molecule has 0 aliphatic heterocycles. The van der Waals surface area contributed by atoms with Gasteiger partial charge in [-0.25, -0.2) is 0 Å². The van der Waals surface area contributed by atoms with Crippen LogP contribution in [0, 0.1) is 0 Å². The van der Waals surface area contributed by atoms with Gasteiger partial charge in [0.1, 0.15) is 0 Å². The summed E-state index contributed by atoms with van der Waals surface area (Å²) < 4.78 is 0. The van der Waals surface area contributed by atoms with Gasteiger partial charge in [-0.05, 0) is 48.8 Å². The molecule has 2 rings (SSSR count). The summed E-state index contributed by atoms with van der Waals surface area (Å²) in [5.74, 6) is 1.13. The van der Waals surface area contributed by atoms with Crippen LogP contribution < -0.4 is 0 Å². The number of aliphatic hydroxyl groups excluding tert-OH is 1. The lowest BCUT2D eigenvalue weighted by molar-refractivity contribution is 0.199. The van der Waals surface area contributed by atoms with Crippen LogP contribution in [0.1, 0.15) is 30.6 Å². The Labute approximate surface area is 119 Å². The Morgan fingerprint density at radius 2 is 1.68 bits per heavy atom. The lowest BCUT2D eigenvalue weighted by atomic mass is 10.1. The van der Waals surface area contributed by atoms with Crippen molar-refractivity contribution in [2.45, 2.75) is 30.8 Å². The van der Waals surface area contributed by atoms with Crippen LogP contribution in [-0.4, -0.2) is 10.9 Å². The Balaban J connectivity index is 1.74. The van der Waals surface area contributed by atoms with Crippen LogP contribution in [0.15, 0.2) is 59.5 Å². The second kappa shape index (κ2) is 7.37. The van der Waals surface area contributed by atoms with E-state index in [2.05, 4.69) is 42.5 Å². The lowest BCUT2D eigenvalue weighted by Crippen LogP contribution is -1.90. The maximum absolute atomic E-state index is 9.45. The fourth-order valence-corrected chi connectivity index (χ4v) is 2.81. The van der Waals surface area contributed by atoms with E-state index < -0.39 is 0 Å². The van der Waals surface area contributed by atoms with E-state index in [1.807, 2.05) is 23.9 Å². The molecule has 2 aromatic carbocycles. The van der Waals surface area contributed by atoms with Crippen LogP contribution in [0.25, 0.3) is 0 Å². The van der Waals surface area contributed by atoms with Crippen molar-refractivity contribution in [3.8, 4) is 0 Å². The third-order valence-electron chi connectivity index (χ3n) is 3.08. The third kappa shape index (κ3) is 4.73. The predicted molar refractivity (Wildman–Crippen MR) is 82.6 cm³/mol. The molecule has 1 nitrogen and oxygen atoms in total. The summed E-state index contributed by atoms with van der Waals surface area (Å²) in [6, 6.07) is 18.8. The molecule has 0 aliphatic carbocycles. The molecular weight excluding hydrogens is 252 g/mol. The first-order chi connectivity index (χ1) is 9.25. The van der Waals surface area contributed by atoms with E-state index in [0.717, 1.165) is 17.7 Å². The average Bonchev–Trinajstić information content (AvgIpc) is 2.45. The summed E-state index contributed by atoms with van der Waals surface area (Å²) >= 11 is 1.88. The molecule has 0 saturated carbocycles. The maximum atomic E-state index is 9.45. The molecule has 1 N–H and O–H groups in total. The molecule has 1 unspecified atom stereocenters. The summed E-state index contributed by atoms with van der Waals surface area (Å²) in [6.45, 7) is 1.79. The second-order valence-corrected chi connectivity index (χ2v) is 5.85. The van der Waals surface area contributed by atoms with Crippen LogP contribution in [0.3, 0.4) is 0 Å². The third-order valence-corrected chi connectivity index (χ3v) is 4.18. The quantitative estimate of drug-likeness (QED) is 0.618. The van der Waals surface area contributed by atoms with E-state index in [-0.39, 0.29) is 6.10 Å². The fourth-order valence-electron chi connectivity index (χ4n) is 1.95. The molecule has 2 heteroatoms. The lowest BCUT2D eigenvalue weighted by Gasteiger charge is -2.06. The van der Waals surface area contributed by atoms with Crippen LogP contribution in [0.5, 0.6) is 0 Å². The van der Waals surface area contributed by atoms with E-state index in [4.69, 9.17) is 0 Å². The first-order valence-corrected chi connectivity index (χ1v) is 7.69. The normalized spacial score (nSPS) is 12.3. The maximum Gasteiger partial charge on any atom is 0.0761 e. The van der Waals surface area contributed by atoms with E-state index in [9.17, 15) is 5.11 Å². The molecule has 0 aromatic heterocycles. The molecular formula is C17H20OS. The molecule has 0 saturated heterocycles. The first-order valence-electron chi connectivity index (χ1n) is 6.70. The SMILES string of the molecule is CC(O)c1ccc(SCCCc2ccccc2)cc1. The van der Waals surface area contributed by atoms with Gasteiger partial charge < -0.3 is 5.11 Å². The van der Waals surface area contributed by atoms with Crippen LogP contribution in [-0.2, 0) is 6.42 Å². The number of benzene rings is 2. The molecule has 0 amide bonds. The number of aryl methyl sites for hydroxylation is 1. The number of hydrogen-bond acceptors (Lipinski definition) is 2. The van der Waals surface area contributed by atoms with Crippen LogP contribution >= 0.6 is 11.8 Å². The number of thioether (sulfide) groups is 1. The zero-order valence-electron chi connectivity index (χ0n) is 11.3. The Hall–Kier alpha value is -1.25. The largest absolute Gasteiger partial charge is 0.389 e. The Kier molecular flexibility index (Phi) is 5.49. The zero-order chi connectivity index (χ0) is 13.5. The van der Waals surface area contributed by atoms with Gasteiger partial charge in [0.15, 0.2) is 0 Å². The standard InChI is InChI=1S/C17H20OS/c1-14(18)16-9-11-17(12-10-16)19-13-5-8-15-6-3-2-4-7-15/h2-4,6-7,9-12,14,18H,5,8,13H2,1H3. The van der Waals surface area contributed by atoms with Gasteiger partial charge in [-0.2, -0.15) is 0 Å². The van der Waals surface area contributed by atoms with Crippen LogP contribution in [0.2, 0.25) is 0 Å². The van der Waals surface area contributed by atoms with Gasteiger partial charge in [0.05, 0.1) is 6.10 Å². The molecule has 0 bridgehead atoms. The smallest absolute Gasteiger partial charge is 0.0761 e. The van der Waals surface area contributed by atoms with Gasteiger partial charge in [0, 0.05) is 4.90 Å². The summed E-state index contributed by atoms with van der Waals surface area (Å²) in [4.78, 5) is 1.28. The average molecular weight is 272 g/mol. The monoisotopic (exact) mass is 272 g/mol. The van der Waals surface area contributed by atoms with Gasteiger partial charge in [-0.1, -0.05) is 42.5 Å². The Morgan fingerprint density at radius 1 is 1.00 bits per heavy atom. The number of hydrogen-bond donors (Lipinski definition) is 1. The van der Waals surface area contributed by atoms with E-state index >= 15 is 0 Å². The first kappa shape index (κ1) is 14.2. The number of rotatable bonds is 6. The van der Waals surface area contributed by atoms with E-state index in [1.165, 1.54) is 16.9 Å². The van der Waals surface area contributed by atoms with Gasteiger partial charge in [0.25, 0.3) is 0 Å². The zero-order valence-corrected chi connectivity index (χ0v) is 12.1. The van der Waals surface area contributed by atoms with Gasteiger partial charge in [0.2, 0.25) is 0 Å². The topological polar surface area (TPSA) is 20.2 Å². The minimum Gasteiger partial charge on any atom is -0.389 e. The second-order valence-electron chi connectivity index (χ2n) is 4.68. The minimum atomic E-state index is -0.378. The highest BCUT2D eigenvalue weighted by molar-refractivity contribution is 7.99. The highest BCUT2D eigenvalue weighted by atomic mass is 32.2. The summed E-state index contributed by atoms with van der Waals surface area (Å²) in [5.41, 5.74) is 2.39. The molecule has 1 atom stereocenters. The summed E-state index contributed by atoms with van der Waals surface area (Å²) in [7, 11) is 0. The summed E-state index contributed by atoms with van der Waals surface area (Å²) in [6.07, 6.45) is 1.95. The molecule has 0 spiro atoms. The summed E-state index contributed by atoms with van der Waals surface area (Å²) in [5, 5.41) is 9.45. The fraction of sp³-hybridized carbons (Fsp3) is 0.294. The molecule has 100 valence electrons. The van der Waals surface area contributed by atoms with Crippen molar-refractivity contribution in [3.05, 3.63) is 65.7 Å². The minimum absolute atomic E-state index is 0.378. The van der Waals surface area contributed by atoms with E-state index in [0.29, 0.717) is 0 Å². The van der Waals surface area contributed by atoms with Crippen molar-refractivity contribution in [2.75, 3.05) is 5.75 Å². The van der Waals surface area contributed by atoms with Crippen molar-refractivity contribution in [3.63, 3.8) is 0 Å². The van der Waals surface area contributed by atoms with Gasteiger partial charge in [-0.3, -0.25) is 0 Å². The molecule has 0 radical (unpaired) electrons. The van der Waals surface area contributed by atoms with Crippen molar-refractivity contribution in [1.82, 2.24) is 0 Å². The molecule has 2 aromatic rings. The molecule has 0 heterocycles. The van der Waals surface area contributed by atoms with Crippen molar-refractivity contribution in [2.24, 2.45) is 0 Å². The van der Waals surface area contributed by atoms with E-state index in [1.54, 1.807) is 6.92 Å². The highest BCUT2D eigenvalue weighted by Crippen LogP contribution is 2.22. The van der Waals surface area contributed by atoms with Gasteiger partial charge in [-0.15, -0.1) is 11.8 Å². The Morgan fingerprint density at radius 3 is 2.32 bits per heavy atom.